The number of carbonyl (C=O) groups excluding carboxylic acids is 1. The van der Waals surface area contributed by atoms with Crippen molar-refractivity contribution in [3.63, 3.8) is 0 Å². The van der Waals surface area contributed by atoms with Crippen molar-refractivity contribution in [2.24, 2.45) is 0 Å². The lowest BCUT2D eigenvalue weighted by Crippen LogP contribution is -2.49. The van der Waals surface area contributed by atoms with Gasteiger partial charge in [-0.1, -0.05) is 30.3 Å². The molecule has 0 radical (unpaired) electrons. The average molecular weight is 356 g/mol. The number of aromatic nitrogens is 2. The van der Waals surface area contributed by atoms with Crippen LogP contribution in [-0.4, -0.2) is 53.7 Å². The molecule has 1 saturated heterocycles. The molecule has 3 rings (SSSR count). The number of carbonyl (C=O) groups is 1. The van der Waals surface area contributed by atoms with Gasteiger partial charge in [0.1, 0.15) is 6.10 Å². The smallest absolute Gasteiger partial charge is 0.317 e. The number of methoxy groups -OCH3 is 1. The minimum atomic E-state index is -0.116. The van der Waals surface area contributed by atoms with Gasteiger partial charge in [-0.3, -0.25) is 0 Å². The van der Waals surface area contributed by atoms with Gasteiger partial charge in [-0.25, -0.2) is 14.8 Å². The molecule has 26 heavy (non-hydrogen) atoms. The Morgan fingerprint density at radius 3 is 2.77 bits per heavy atom. The third kappa shape index (κ3) is 4.84. The Morgan fingerprint density at radius 2 is 2.00 bits per heavy atom. The molecule has 1 unspecified atom stereocenters. The zero-order valence-corrected chi connectivity index (χ0v) is 14.9. The van der Waals surface area contributed by atoms with E-state index in [-0.39, 0.29) is 12.1 Å². The summed E-state index contributed by atoms with van der Waals surface area (Å²) in [6, 6.07) is 10.1. The molecule has 1 atom stereocenters. The van der Waals surface area contributed by atoms with Crippen LogP contribution in [0.25, 0.3) is 0 Å². The minimum absolute atomic E-state index is 0.0552. The van der Waals surface area contributed by atoms with Crippen molar-refractivity contribution < 1.29 is 14.3 Å². The fourth-order valence-electron chi connectivity index (χ4n) is 2.98. The Balaban J connectivity index is 1.49. The average Bonchev–Trinajstić information content (AvgIpc) is 2.69. The summed E-state index contributed by atoms with van der Waals surface area (Å²) in [6.45, 7) is 1.87. The fraction of sp³-hybridized carbons (Fsp3) is 0.421. The summed E-state index contributed by atoms with van der Waals surface area (Å²) >= 11 is 0. The first-order chi connectivity index (χ1) is 12.8. The van der Waals surface area contributed by atoms with Crippen LogP contribution in [0.1, 0.15) is 18.4 Å². The van der Waals surface area contributed by atoms with Gasteiger partial charge in [0.2, 0.25) is 0 Å². The maximum absolute atomic E-state index is 12.4. The van der Waals surface area contributed by atoms with Gasteiger partial charge in [-0.05, 0) is 24.8 Å². The van der Waals surface area contributed by atoms with Crippen LogP contribution in [-0.2, 0) is 6.42 Å². The summed E-state index contributed by atoms with van der Waals surface area (Å²) in [7, 11) is 1.53. The van der Waals surface area contributed by atoms with E-state index in [1.54, 1.807) is 17.3 Å². The van der Waals surface area contributed by atoms with Crippen LogP contribution in [0.15, 0.2) is 42.7 Å². The number of hydrogen-bond acceptors (Lipinski definition) is 5. The maximum atomic E-state index is 12.4. The molecule has 1 aliphatic heterocycles. The van der Waals surface area contributed by atoms with Crippen molar-refractivity contribution in [3.05, 3.63) is 48.3 Å². The number of nitrogens with zero attached hydrogens (tertiary/aromatic N) is 3. The molecule has 1 aliphatic rings. The van der Waals surface area contributed by atoms with Crippen molar-refractivity contribution in [1.82, 2.24) is 20.2 Å². The Kier molecular flexibility index (Phi) is 6.24. The zero-order valence-electron chi connectivity index (χ0n) is 14.9. The van der Waals surface area contributed by atoms with Crippen LogP contribution < -0.4 is 14.8 Å². The van der Waals surface area contributed by atoms with Gasteiger partial charge < -0.3 is 19.7 Å². The molecule has 1 aromatic heterocycles. The molecule has 7 nitrogen and oxygen atoms in total. The number of piperidine rings is 1. The standard InChI is InChI=1S/C19H24N4O3/c1-25-17-18(21-12-11-20-17)26-16-8-5-13-23(14-16)19(24)22-10-9-15-6-3-2-4-7-15/h2-4,6-7,11-12,16H,5,8-10,13-14H2,1H3,(H,22,24). The van der Waals surface area contributed by atoms with Crippen LogP contribution in [0.2, 0.25) is 0 Å². The first kappa shape index (κ1) is 18.0. The maximum Gasteiger partial charge on any atom is 0.317 e. The van der Waals surface area contributed by atoms with Crippen LogP contribution in [0, 0.1) is 0 Å². The molecule has 1 N–H and O–H groups in total. The summed E-state index contributed by atoms with van der Waals surface area (Å²) in [5, 5.41) is 2.99. The molecular formula is C19H24N4O3. The minimum Gasteiger partial charge on any atom is -0.477 e. The summed E-state index contributed by atoms with van der Waals surface area (Å²) < 4.78 is 11.1. The highest BCUT2D eigenvalue weighted by atomic mass is 16.5. The molecule has 1 aromatic carbocycles. The molecule has 0 bridgehead atoms. The Hall–Kier alpha value is -2.83. The van der Waals surface area contributed by atoms with E-state index in [0.29, 0.717) is 24.8 Å². The summed E-state index contributed by atoms with van der Waals surface area (Å²) in [6.07, 6.45) is 5.58. The fourth-order valence-corrected chi connectivity index (χ4v) is 2.98. The molecular weight excluding hydrogens is 332 g/mol. The monoisotopic (exact) mass is 356 g/mol. The van der Waals surface area contributed by atoms with E-state index in [2.05, 4.69) is 27.4 Å². The largest absolute Gasteiger partial charge is 0.477 e. The van der Waals surface area contributed by atoms with Crippen LogP contribution in [0.4, 0.5) is 4.79 Å². The van der Waals surface area contributed by atoms with Gasteiger partial charge >= 0.3 is 6.03 Å². The number of ether oxygens (including phenoxy) is 2. The van der Waals surface area contributed by atoms with Gasteiger partial charge in [0.15, 0.2) is 0 Å². The number of nitrogens with one attached hydrogen (secondary N) is 1. The number of rotatable bonds is 6. The van der Waals surface area contributed by atoms with E-state index in [1.807, 2.05) is 18.2 Å². The van der Waals surface area contributed by atoms with Crippen LogP contribution in [0.3, 0.4) is 0 Å². The number of amides is 2. The van der Waals surface area contributed by atoms with Crippen molar-refractivity contribution >= 4 is 6.03 Å². The second kappa shape index (κ2) is 9.03. The quantitative estimate of drug-likeness (QED) is 0.859. The molecule has 7 heteroatoms. The highest BCUT2D eigenvalue weighted by molar-refractivity contribution is 5.74. The number of benzene rings is 1. The van der Waals surface area contributed by atoms with E-state index in [0.717, 1.165) is 25.8 Å². The van der Waals surface area contributed by atoms with Gasteiger partial charge in [0, 0.05) is 25.5 Å². The predicted octanol–water partition coefficient (Wildman–Crippen LogP) is 2.28. The molecule has 0 saturated carbocycles. The van der Waals surface area contributed by atoms with E-state index in [9.17, 15) is 4.79 Å². The number of likely N-dealkylation sites (tertiary alicyclic amines) is 1. The van der Waals surface area contributed by atoms with Gasteiger partial charge in [0.05, 0.1) is 13.7 Å². The van der Waals surface area contributed by atoms with E-state index < -0.39 is 0 Å². The summed E-state index contributed by atoms with van der Waals surface area (Å²) in [5.74, 6) is 0.725. The highest BCUT2D eigenvalue weighted by Crippen LogP contribution is 2.23. The van der Waals surface area contributed by atoms with E-state index in [4.69, 9.17) is 9.47 Å². The molecule has 1 fully saturated rings. The highest BCUT2D eigenvalue weighted by Gasteiger charge is 2.26. The lowest BCUT2D eigenvalue weighted by Gasteiger charge is -2.32. The van der Waals surface area contributed by atoms with Gasteiger partial charge in [-0.2, -0.15) is 0 Å². The van der Waals surface area contributed by atoms with Crippen molar-refractivity contribution in [2.75, 3.05) is 26.7 Å². The third-order valence-electron chi connectivity index (χ3n) is 4.30. The third-order valence-corrected chi connectivity index (χ3v) is 4.30. The van der Waals surface area contributed by atoms with Gasteiger partial charge in [0.25, 0.3) is 11.8 Å². The Labute approximate surface area is 153 Å². The zero-order chi connectivity index (χ0) is 18.2. The van der Waals surface area contributed by atoms with Crippen molar-refractivity contribution in [3.8, 4) is 11.8 Å². The second-order valence-corrected chi connectivity index (χ2v) is 6.17. The number of hydrogen-bond donors (Lipinski definition) is 1. The predicted molar refractivity (Wildman–Crippen MR) is 97.4 cm³/mol. The lowest BCUT2D eigenvalue weighted by atomic mass is 10.1. The van der Waals surface area contributed by atoms with E-state index in [1.165, 1.54) is 12.7 Å². The molecule has 2 heterocycles. The van der Waals surface area contributed by atoms with E-state index >= 15 is 0 Å². The Morgan fingerprint density at radius 1 is 1.23 bits per heavy atom. The van der Waals surface area contributed by atoms with Crippen molar-refractivity contribution in [1.29, 1.82) is 0 Å². The lowest BCUT2D eigenvalue weighted by molar-refractivity contribution is 0.0945. The van der Waals surface area contributed by atoms with Gasteiger partial charge in [-0.15, -0.1) is 0 Å². The second-order valence-electron chi connectivity index (χ2n) is 6.17. The molecule has 2 aromatic rings. The molecule has 138 valence electrons. The number of urea groups is 1. The molecule has 0 spiro atoms. The summed E-state index contributed by atoms with van der Waals surface area (Å²) in [4.78, 5) is 22.5. The van der Waals surface area contributed by atoms with Crippen molar-refractivity contribution in [2.45, 2.75) is 25.4 Å². The molecule has 2 amide bonds. The first-order valence-electron chi connectivity index (χ1n) is 8.84. The normalized spacial score (nSPS) is 16.8. The topological polar surface area (TPSA) is 76.6 Å². The summed E-state index contributed by atoms with van der Waals surface area (Å²) in [5.41, 5.74) is 1.21. The molecule has 0 aliphatic carbocycles. The Bertz CT molecular complexity index is 711. The first-order valence-corrected chi connectivity index (χ1v) is 8.84. The van der Waals surface area contributed by atoms with Crippen LogP contribution >= 0.6 is 0 Å². The van der Waals surface area contributed by atoms with Crippen LogP contribution in [0.5, 0.6) is 11.8 Å². The SMILES string of the molecule is COc1nccnc1OC1CCCN(C(=O)NCCc2ccccc2)C1.